The van der Waals surface area contributed by atoms with E-state index in [1.807, 2.05) is 23.5 Å². The third-order valence-corrected chi connectivity index (χ3v) is 7.11. The lowest BCUT2D eigenvalue weighted by Crippen LogP contribution is -1.81. The Morgan fingerprint density at radius 1 is 0.800 bits per heavy atom. The van der Waals surface area contributed by atoms with Gasteiger partial charge in [-0.1, -0.05) is 36.4 Å². The van der Waals surface area contributed by atoms with Gasteiger partial charge in [-0.05, 0) is 52.2 Å². The molecule has 25 heavy (non-hydrogen) atoms. The van der Waals surface area contributed by atoms with E-state index in [4.69, 9.17) is 4.74 Å². The maximum atomic E-state index is 5.22. The Labute approximate surface area is 159 Å². The fourth-order valence-corrected chi connectivity index (χ4v) is 5.42. The first-order chi connectivity index (χ1) is 12.3. The van der Waals surface area contributed by atoms with Crippen LogP contribution in [-0.4, -0.2) is 7.11 Å². The molecule has 124 valence electrons. The number of hydrogen-bond acceptors (Lipinski definition) is 4. The van der Waals surface area contributed by atoms with E-state index in [1.54, 1.807) is 29.8 Å². The lowest BCUT2D eigenvalue weighted by atomic mass is 10.1. The van der Waals surface area contributed by atoms with Gasteiger partial charge in [-0.2, -0.15) is 0 Å². The van der Waals surface area contributed by atoms with Crippen LogP contribution < -0.4 is 4.74 Å². The zero-order valence-electron chi connectivity index (χ0n) is 13.6. The highest BCUT2D eigenvalue weighted by atomic mass is 32.1. The van der Waals surface area contributed by atoms with Gasteiger partial charge in [0, 0.05) is 14.6 Å². The number of hydrogen-bond donors (Lipinski definition) is 0. The largest absolute Gasteiger partial charge is 0.497 e. The van der Waals surface area contributed by atoms with Crippen LogP contribution in [0.1, 0.15) is 11.1 Å². The predicted molar refractivity (Wildman–Crippen MR) is 113 cm³/mol. The van der Waals surface area contributed by atoms with E-state index >= 15 is 0 Å². The van der Waals surface area contributed by atoms with Crippen molar-refractivity contribution in [3.63, 3.8) is 0 Å². The average Bonchev–Trinajstić information content (AvgIpc) is 3.41. The molecular formula is C21H16OS3. The molecule has 0 spiro atoms. The molecule has 1 aromatic carbocycles. The van der Waals surface area contributed by atoms with Gasteiger partial charge in [-0.25, -0.2) is 0 Å². The van der Waals surface area contributed by atoms with Gasteiger partial charge in [0.2, 0.25) is 0 Å². The molecule has 0 bridgehead atoms. The predicted octanol–water partition coefficient (Wildman–Crippen LogP) is 7.38. The summed E-state index contributed by atoms with van der Waals surface area (Å²) in [7, 11) is 1.69. The molecule has 0 saturated carbocycles. The summed E-state index contributed by atoms with van der Waals surface area (Å²) < 4.78 is 5.22. The summed E-state index contributed by atoms with van der Waals surface area (Å²) in [6.45, 7) is 0. The maximum absolute atomic E-state index is 5.22. The van der Waals surface area contributed by atoms with Crippen LogP contribution in [0.4, 0.5) is 0 Å². The van der Waals surface area contributed by atoms with Crippen LogP contribution in [-0.2, 0) is 0 Å². The van der Waals surface area contributed by atoms with Gasteiger partial charge in [0.15, 0.2) is 0 Å². The lowest BCUT2D eigenvalue weighted by molar-refractivity contribution is 0.415. The normalized spacial score (nSPS) is 11.2. The number of rotatable bonds is 5. The lowest BCUT2D eigenvalue weighted by Gasteiger charge is -1.99. The second-order valence-corrected chi connectivity index (χ2v) is 8.40. The molecule has 4 rings (SSSR count). The molecule has 0 aliphatic carbocycles. The monoisotopic (exact) mass is 380 g/mol. The van der Waals surface area contributed by atoms with Gasteiger partial charge in [-0.3, -0.25) is 0 Å². The number of methoxy groups -OCH3 is 1. The number of thiophene rings is 3. The fraction of sp³-hybridized carbons (Fsp3) is 0.0476. The summed E-state index contributed by atoms with van der Waals surface area (Å²) in [5, 5.41) is 4.27. The quantitative estimate of drug-likeness (QED) is 0.351. The van der Waals surface area contributed by atoms with Gasteiger partial charge in [0.1, 0.15) is 5.75 Å². The van der Waals surface area contributed by atoms with Crippen molar-refractivity contribution in [3.8, 4) is 25.3 Å². The topological polar surface area (TPSA) is 9.23 Å². The summed E-state index contributed by atoms with van der Waals surface area (Å²) in [6, 6.07) is 19.0. The first-order valence-corrected chi connectivity index (χ1v) is 10.4. The van der Waals surface area contributed by atoms with E-state index in [0.717, 1.165) is 5.75 Å². The first-order valence-electron chi connectivity index (χ1n) is 7.87. The van der Waals surface area contributed by atoms with Crippen LogP contribution in [0.2, 0.25) is 0 Å². The van der Waals surface area contributed by atoms with E-state index < -0.39 is 0 Å². The molecule has 0 atom stereocenters. The van der Waals surface area contributed by atoms with Crippen LogP contribution in [0.3, 0.4) is 0 Å². The van der Waals surface area contributed by atoms with E-state index in [1.165, 1.54) is 30.6 Å². The average molecular weight is 381 g/mol. The Hall–Kier alpha value is -2.14. The molecule has 3 aromatic heterocycles. The fourth-order valence-electron chi connectivity index (χ4n) is 2.57. The molecule has 0 amide bonds. The Morgan fingerprint density at radius 3 is 2.16 bits per heavy atom. The van der Waals surface area contributed by atoms with Crippen molar-refractivity contribution < 1.29 is 4.74 Å². The third-order valence-electron chi connectivity index (χ3n) is 3.84. The van der Waals surface area contributed by atoms with E-state index in [9.17, 15) is 0 Å². The van der Waals surface area contributed by atoms with Crippen LogP contribution >= 0.6 is 34.0 Å². The molecule has 0 radical (unpaired) electrons. The molecule has 0 aliphatic heterocycles. The van der Waals surface area contributed by atoms with Gasteiger partial charge >= 0.3 is 0 Å². The summed E-state index contributed by atoms with van der Waals surface area (Å²) >= 11 is 5.45. The number of ether oxygens (including phenoxy) is 1. The van der Waals surface area contributed by atoms with Gasteiger partial charge < -0.3 is 4.74 Å². The van der Waals surface area contributed by atoms with Crippen molar-refractivity contribution in [2.75, 3.05) is 7.11 Å². The van der Waals surface area contributed by atoms with Crippen LogP contribution in [0.25, 0.3) is 31.7 Å². The molecule has 0 fully saturated rings. The van der Waals surface area contributed by atoms with Crippen LogP contribution in [0.15, 0.2) is 65.4 Å². The van der Waals surface area contributed by atoms with Crippen molar-refractivity contribution in [3.05, 3.63) is 76.5 Å². The molecule has 3 heterocycles. The SMILES string of the molecule is COc1ccc(/C=C/c2cc(-c3cccs3)sc2-c2cccs2)cc1. The molecule has 0 N–H and O–H groups in total. The van der Waals surface area contributed by atoms with E-state index in [2.05, 4.69) is 65.4 Å². The van der Waals surface area contributed by atoms with Crippen molar-refractivity contribution in [2.45, 2.75) is 0 Å². The van der Waals surface area contributed by atoms with Crippen molar-refractivity contribution in [2.24, 2.45) is 0 Å². The highest BCUT2D eigenvalue weighted by Crippen LogP contribution is 2.42. The Bertz CT molecular complexity index is 959. The second kappa shape index (κ2) is 7.40. The van der Waals surface area contributed by atoms with Crippen molar-refractivity contribution in [1.29, 1.82) is 0 Å². The van der Waals surface area contributed by atoms with Crippen LogP contribution in [0, 0.1) is 0 Å². The second-order valence-electron chi connectivity index (χ2n) is 5.46. The first kappa shape index (κ1) is 16.3. The third kappa shape index (κ3) is 3.61. The minimum atomic E-state index is 0.881. The van der Waals surface area contributed by atoms with Crippen molar-refractivity contribution in [1.82, 2.24) is 0 Å². The Kier molecular flexibility index (Phi) is 4.83. The van der Waals surface area contributed by atoms with Gasteiger partial charge in [-0.15, -0.1) is 34.0 Å². The maximum Gasteiger partial charge on any atom is 0.118 e. The molecular weight excluding hydrogens is 364 g/mol. The van der Waals surface area contributed by atoms with Gasteiger partial charge in [0.25, 0.3) is 0 Å². The molecule has 4 heteroatoms. The smallest absolute Gasteiger partial charge is 0.118 e. The zero-order chi connectivity index (χ0) is 17.1. The van der Waals surface area contributed by atoms with Crippen LogP contribution in [0.5, 0.6) is 5.75 Å². The summed E-state index contributed by atoms with van der Waals surface area (Å²) in [4.78, 5) is 5.31. The van der Waals surface area contributed by atoms with E-state index in [-0.39, 0.29) is 0 Å². The molecule has 0 unspecified atom stereocenters. The highest BCUT2D eigenvalue weighted by molar-refractivity contribution is 7.26. The molecule has 1 nitrogen and oxygen atoms in total. The Morgan fingerprint density at radius 2 is 1.52 bits per heavy atom. The summed E-state index contributed by atoms with van der Waals surface area (Å²) in [6.07, 6.45) is 4.38. The minimum absolute atomic E-state index is 0.881. The molecule has 0 saturated heterocycles. The standard InChI is InChI=1S/C21H16OS3/c1-22-17-10-7-15(8-11-17)6-9-16-14-20(18-4-2-12-23-18)25-21(16)19-5-3-13-24-19/h2-14H,1H3/b9-6+. The van der Waals surface area contributed by atoms with Gasteiger partial charge in [0.05, 0.1) is 12.0 Å². The summed E-state index contributed by atoms with van der Waals surface area (Å²) in [5.74, 6) is 0.881. The summed E-state index contributed by atoms with van der Waals surface area (Å²) in [5.41, 5.74) is 2.44. The minimum Gasteiger partial charge on any atom is -0.497 e. The zero-order valence-corrected chi connectivity index (χ0v) is 16.1. The Balaban J connectivity index is 1.70. The highest BCUT2D eigenvalue weighted by Gasteiger charge is 2.12. The van der Waals surface area contributed by atoms with E-state index in [0.29, 0.717) is 0 Å². The molecule has 0 aliphatic rings. The van der Waals surface area contributed by atoms with Crippen molar-refractivity contribution >= 4 is 46.2 Å². The molecule has 4 aromatic rings. The number of benzene rings is 1.